The molecule has 0 radical (unpaired) electrons. The number of nitrogens with zero attached hydrogens (tertiary/aromatic N) is 2. The van der Waals surface area contributed by atoms with E-state index >= 15 is 0 Å². The zero-order valence-electron chi connectivity index (χ0n) is 13.5. The SMILES string of the molecule is C[C@H](Nc1nc(N)[nH]c(=O)c1C#N)C(=O)Cc1cccc(C(F)(F)F)c1. The molecule has 1 atom stereocenters. The Hall–Kier alpha value is -3.35. The van der Waals surface area contributed by atoms with Gasteiger partial charge < -0.3 is 11.1 Å². The highest BCUT2D eigenvalue weighted by molar-refractivity contribution is 5.88. The number of H-pyrrole nitrogens is 1. The lowest BCUT2D eigenvalue weighted by atomic mass is 10.0. The van der Waals surface area contributed by atoms with Gasteiger partial charge in [0.25, 0.3) is 5.56 Å². The highest BCUT2D eigenvalue weighted by atomic mass is 19.4. The number of nitrogens with two attached hydrogens (primary N) is 1. The van der Waals surface area contributed by atoms with Crippen LogP contribution < -0.4 is 16.6 Å². The Morgan fingerprint density at radius 2 is 2.15 bits per heavy atom. The summed E-state index contributed by atoms with van der Waals surface area (Å²) in [5.74, 6) is -0.860. The molecule has 1 heterocycles. The van der Waals surface area contributed by atoms with E-state index in [9.17, 15) is 22.8 Å². The van der Waals surface area contributed by atoms with Gasteiger partial charge in [-0.25, -0.2) is 0 Å². The van der Waals surface area contributed by atoms with Crippen LogP contribution in [0.5, 0.6) is 0 Å². The Balaban J connectivity index is 2.17. The van der Waals surface area contributed by atoms with E-state index in [1.54, 1.807) is 6.07 Å². The average molecular weight is 365 g/mol. The molecule has 2 rings (SSSR count). The number of hydrogen-bond donors (Lipinski definition) is 3. The summed E-state index contributed by atoms with van der Waals surface area (Å²) < 4.78 is 38.2. The predicted molar refractivity (Wildman–Crippen MR) is 87.2 cm³/mol. The molecule has 0 saturated carbocycles. The summed E-state index contributed by atoms with van der Waals surface area (Å²) in [4.78, 5) is 29.8. The van der Waals surface area contributed by atoms with Gasteiger partial charge in [-0.1, -0.05) is 18.2 Å². The normalized spacial score (nSPS) is 12.3. The van der Waals surface area contributed by atoms with Crippen LogP contribution in [0.15, 0.2) is 29.1 Å². The predicted octanol–water partition coefficient (Wildman–Crippen LogP) is 1.85. The minimum atomic E-state index is -4.50. The van der Waals surface area contributed by atoms with Crippen LogP contribution in [0.4, 0.5) is 24.9 Å². The van der Waals surface area contributed by atoms with Gasteiger partial charge in [0.05, 0.1) is 11.6 Å². The van der Waals surface area contributed by atoms with Crippen LogP contribution in [-0.2, 0) is 17.4 Å². The maximum absolute atomic E-state index is 12.7. The molecule has 2 aromatic rings. The Labute approximate surface area is 145 Å². The van der Waals surface area contributed by atoms with Gasteiger partial charge in [0.1, 0.15) is 6.07 Å². The zero-order valence-corrected chi connectivity index (χ0v) is 13.5. The molecular weight excluding hydrogens is 351 g/mol. The molecule has 26 heavy (non-hydrogen) atoms. The summed E-state index contributed by atoms with van der Waals surface area (Å²) in [6, 6.07) is 5.17. The third kappa shape index (κ3) is 4.38. The fourth-order valence-corrected chi connectivity index (χ4v) is 2.20. The number of carbonyl (C=O) groups is 1. The Morgan fingerprint density at radius 1 is 1.46 bits per heavy atom. The molecule has 1 aromatic heterocycles. The Morgan fingerprint density at radius 3 is 2.77 bits per heavy atom. The molecule has 136 valence electrons. The number of ketones is 1. The number of nitrogen functional groups attached to an aromatic ring is 1. The highest BCUT2D eigenvalue weighted by Gasteiger charge is 2.30. The van der Waals surface area contributed by atoms with Crippen molar-refractivity contribution in [3.05, 3.63) is 51.3 Å². The first kappa shape index (κ1) is 19.0. The third-order valence-electron chi connectivity index (χ3n) is 3.52. The first-order valence-electron chi connectivity index (χ1n) is 7.37. The summed E-state index contributed by atoms with van der Waals surface area (Å²) >= 11 is 0. The molecule has 0 spiro atoms. The van der Waals surface area contributed by atoms with E-state index in [-0.39, 0.29) is 29.3 Å². The lowest BCUT2D eigenvalue weighted by Gasteiger charge is -2.15. The number of benzene rings is 1. The molecular formula is C16H14F3N5O2. The van der Waals surface area contributed by atoms with Crippen molar-refractivity contribution in [3.8, 4) is 6.07 Å². The average Bonchev–Trinajstić information content (AvgIpc) is 2.54. The molecule has 10 heteroatoms. The van der Waals surface area contributed by atoms with Crippen LogP contribution in [0, 0.1) is 11.3 Å². The Kier molecular flexibility index (Phi) is 5.30. The van der Waals surface area contributed by atoms with Crippen LogP contribution in [0.1, 0.15) is 23.6 Å². The summed E-state index contributed by atoms with van der Waals surface area (Å²) in [5.41, 5.74) is 3.64. The van der Waals surface area contributed by atoms with Gasteiger partial charge in [-0.05, 0) is 18.6 Å². The highest BCUT2D eigenvalue weighted by Crippen LogP contribution is 2.29. The summed E-state index contributed by atoms with van der Waals surface area (Å²) in [6.07, 6.45) is -4.77. The zero-order chi connectivity index (χ0) is 19.5. The molecule has 0 fully saturated rings. The minimum Gasteiger partial charge on any atom is -0.369 e. The van der Waals surface area contributed by atoms with Crippen LogP contribution in [-0.4, -0.2) is 21.8 Å². The fraction of sp³-hybridized carbons (Fsp3) is 0.250. The monoisotopic (exact) mass is 365 g/mol. The molecule has 0 saturated heterocycles. The largest absolute Gasteiger partial charge is 0.416 e. The maximum atomic E-state index is 12.7. The number of nitrogens with one attached hydrogen (secondary N) is 2. The van der Waals surface area contributed by atoms with Gasteiger partial charge in [0.2, 0.25) is 5.95 Å². The topological polar surface area (TPSA) is 125 Å². The van der Waals surface area contributed by atoms with Crippen molar-refractivity contribution in [2.45, 2.75) is 25.6 Å². The lowest BCUT2D eigenvalue weighted by molar-refractivity contribution is -0.137. The van der Waals surface area contributed by atoms with E-state index in [4.69, 9.17) is 11.0 Å². The second-order valence-corrected chi connectivity index (χ2v) is 5.49. The molecule has 0 aliphatic rings. The molecule has 0 amide bonds. The quantitative estimate of drug-likeness (QED) is 0.743. The number of aromatic amines is 1. The van der Waals surface area contributed by atoms with Crippen molar-refractivity contribution in [1.29, 1.82) is 5.26 Å². The second kappa shape index (κ2) is 7.26. The molecule has 0 aliphatic carbocycles. The molecule has 0 aliphatic heterocycles. The smallest absolute Gasteiger partial charge is 0.369 e. The summed E-state index contributed by atoms with van der Waals surface area (Å²) in [5, 5.41) is 11.6. The Bertz CT molecular complexity index is 931. The van der Waals surface area contributed by atoms with E-state index < -0.39 is 29.1 Å². The number of halogens is 3. The number of rotatable bonds is 5. The lowest BCUT2D eigenvalue weighted by Crippen LogP contribution is -2.30. The molecule has 4 N–H and O–H groups in total. The van der Waals surface area contributed by atoms with Crippen LogP contribution in [0.2, 0.25) is 0 Å². The van der Waals surface area contributed by atoms with Crippen molar-refractivity contribution < 1.29 is 18.0 Å². The van der Waals surface area contributed by atoms with Gasteiger partial charge in [0.15, 0.2) is 17.2 Å². The minimum absolute atomic E-state index is 0.168. The van der Waals surface area contributed by atoms with Crippen molar-refractivity contribution in [3.63, 3.8) is 0 Å². The number of hydrogen-bond acceptors (Lipinski definition) is 6. The van der Waals surface area contributed by atoms with E-state index in [0.717, 1.165) is 12.1 Å². The maximum Gasteiger partial charge on any atom is 0.416 e. The number of nitriles is 1. The van der Waals surface area contributed by atoms with Crippen molar-refractivity contribution in [2.75, 3.05) is 11.1 Å². The number of anilines is 2. The molecule has 0 unspecified atom stereocenters. The van der Waals surface area contributed by atoms with Crippen LogP contribution in [0.25, 0.3) is 0 Å². The molecule has 1 aromatic carbocycles. The molecule has 0 bridgehead atoms. The molecule has 7 nitrogen and oxygen atoms in total. The van der Waals surface area contributed by atoms with E-state index in [2.05, 4.69) is 15.3 Å². The first-order valence-corrected chi connectivity index (χ1v) is 7.37. The van der Waals surface area contributed by atoms with Gasteiger partial charge >= 0.3 is 6.18 Å². The van der Waals surface area contributed by atoms with Gasteiger partial charge in [0, 0.05) is 6.42 Å². The van der Waals surface area contributed by atoms with E-state index in [1.807, 2.05) is 0 Å². The number of Topliss-reactive ketones (excluding diaryl/α,β-unsaturated/α-hetero) is 1. The third-order valence-corrected chi connectivity index (χ3v) is 3.52. The fourth-order valence-electron chi connectivity index (χ4n) is 2.20. The number of carbonyl (C=O) groups excluding carboxylic acids is 1. The number of aromatic nitrogens is 2. The van der Waals surface area contributed by atoms with E-state index in [0.29, 0.717) is 0 Å². The summed E-state index contributed by atoms with van der Waals surface area (Å²) in [7, 11) is 0. The summed E-state index contributed by atoms with van der Waals surface area (Å²) in [6.45, 7) is 1.44. The van der Waals surface area contributed by atoms with Gasteiger partial charge in [-0.3, -0.25) is 14.6 Å². The van der Waals surface area contributed by atoms with Crippen molar-refractivity contribution >= 4 is 17.5 Å². The van der Waals surface area contributed by atoms with Gasteiger partial charge in [-0.15, -0.1) is 0 Å². The van der Waals surface area contributed by atoms with Crippen LogP contribution in [0.3, 0.4) is 0 Å². The number of alkyl halides is 3. The first-order chi connectivity index (χ1) is 12.1. The second-order valence-electron chi connectivity index (χ2n) is 5.49. The van der Waals surface area contributed by atoms with Crippen molar-refractivity contribution in [1.82, 2.24) is 9.97 Å². The van der Waals surface area contributed by atoms with Crippen LogP contribution >= 0.6 is 0 Å². The van der Waals surface area contributed by atoms with Crippen molar-refractivity contribution in [2.24, 2.45) is 0 Å². The van der Waals surface area contributed by atoms with Gasteiger partial charge in [-0.2, -0.15) is 23.4 Å². The van der Waals surface area contributed by atoms with E-state index in [1.165, 1.54) is 19.1 Å². The standard InChI is InChI=1S/C16H14F3N5O2/c1-8(22-13-11(7-20)14(26)24-15(21)23-13)12(25)6-9-3-2-4-10(5-9)16(17,18)19/h2-5,8H,6H2,1H3,(H4,21,22,23,24,26)/t8-/m0/s1.